The van der Waals surface area contributed by atoms with Crippen molar-refractivity contribution in [2.75, 3.05) is 18.1 Å². The van der Waals surface area contributed by atoms with Gasteiger partial charge in [-0.05, 0) is 24.1 Å². The molecule has 2 aromatic rings. The smallest absolute Gasteiger partial charge is 0.122 e. The van der Waals surface area contributed by atoms with Crippen molar-refractivity contribution in [2.24, 2.45) is 0 Å². The van der Waals surface area contributed by atoms with Crippen molar-refractivity contribution in [3.05, 3.63) is 48.3 Å². The summed E-state index contributed by atoms with van der Waals surface area (Å²) in [6.07, 6.45) is 4.06. The Morgan fingerprint density at radius 3 is 3.05 bits per heavy atom. The molecule has 0 spiro atoms. The number of ether oxygens (including phenoxy) is 1. The van der Waals surface area contributed by atoms with E-state index in [2.05, 4.69) is 4.98 Å². The summed E-state index contributed by atoms with van der Waals surface area (Å²) in [7, 11) is -1.12. The highest BCUT2D eigenvalue weighted by Gasteiger charge is 2.24. The van der Waals surface area contributed by atoms with Gasteiger partial charge in [-0.3, -0.25) is 9.19 Å². The molecule has 0 saturated heterocycles. The van der Waals surface area contributed by atoms with Gasteiger partial charge in [0.15, 0.2) is 0 Å². The number of hydrogen-bond acceptors (Lipinski definition) is 4. The predicted octanol–water partition coefficient (Wildman–Crippen LogP) is 2.34. The molecule has 0 saturated carbocycles. The Labute approximate surface area is 120 Å². The summed E-state index contributed by atoms with van der Waals surface area (Å²) in [4.78, 5) is 4.60. The van der Waals surface area contributed by atoms with E-state index >= 15 is 0 Å². The van der Waals surface area contributed by atoms with Crippen LogP contribution in [0.3, 0.4) is 0 Å². The van der Waals surface area contributed by atoms with E-state index in [1.54, 1.807) is 18.5 Å². The monoisotopic (exact) mass is 288 g/mol. The van der Waals surface area contributed by atoms with Crippen LogP contribution < -0.4 is 10.5 Å². The summed E-state index contributed by atoms with van der Waals surface area (Å²) in [5.41, 5.74) is 7.47. The molecule has 2 heterocycles. The highest BCUT2D eigenvalue weighted by Crippen LogP contribution is 2.34. The van der Waals surface area contributed by atoms with Crippen LogP contribution in [0.5, 0.6) is 5.75 Å². The molecule has 0 aliphatic carbocycles. The molecule has 104 valence electrons. The van der Waals surface area contributed by atoms with Gasteiger partial charge in [0.2, 0.25) is 0 Å². The molecular weight excluding hydrogens is 272 g/mol. The molecule has 0 bridgehead atoms. The van der Waals surface area contributed by atoms with E-state index in [1.165, 1.54) is 0 Å². The van der Waals surface area contributed by atoms with Gasteiger partial charge < -0.3 is 10.5 Å². The second kappa shape index (κ2) is 5.63. The lowest BCUT2D eigenvalue weighted by atomic mass is 9.95. The largest absolute Gasteiger partial charge is 0.493 e. The van der Waals surface area contributed by atoms with Crippen molar-refractivity contribution in [1.82, 2.24) is 4.98 Å². The third-order valence-corrected chi connectivity index (χ3v) is 5.06. The molecule has 1 aliphatic heterocycles. The van der Waals surface area contributed by atoms with Crippen LogP contribution in [0.1, 0.15) is 17.9 Å². The fourth-order valence-corrected chi connectivity index (χ4v) is 3.88. The number of benzene rings is 1. The first kappa shape index (κ1) is 13.1. The van der Waals surface area contributed by atoms with Gasteiger partial charge in [-0.25, -0.2) is 0 Å². The zero-order valence-electron chi connectivity index (χ0n) is 11.0. The van der Waals surface area contributed by atoms with E-state index in [1.807, 2.05) is 24.3 Å². The van der Waals surface area contributed by atoms with Gasteiger partial charge in [-0.15, -0.1) is 0 Å². The molecule has 0 radical (unpaired) electrons. The molecule has 0 fully saturated rings. The standard InChI is InChI=1S/C15H16N2O2S/c16-13-9-17-7-5-15(13)20(18)10-11-6-8-19-14-4-2-1-3-12(11)14/h1-5,7,9,11H,6,8,10,16H2. The molecule has 2 unspecified atom stereocenters. The summed E-state index contributed by atoms with van der Waals surface area (Å²) in [5, 5.41) is 0. The summed E-state index contributed by atoms with van der Waals surface area (Å²) in [6.45, 7) is 0.671. The van der Waals surface area contributed by atoms with Crippen LogP contribution in [0.2, 0.25) is 0 Å². The van der Waals surface area contributed by atoms with Gasteiger partial charge >= 0.3 is 0 Å². The fourth-order valence-electron chi connectivity index (χ4n) is 2.46. The van der Waals surface area contributed by atoms with Crippen molar-refractivity contribution < 1.29 is 8.95 Å². The number of anilines is 1. The van der Waals surface area contributed by atoms with E-state index in [0.29, 0.717) is 22.9 Å². The normalized spacial score (nSPS) is 18.9. The third-order valence-electron chi connectivity index (χ3n) is 3.49. The van der Waals surface area contributed by atoms with Crippen LogP contribution in [-0.4, -0.2) is 21.6 Å². The molecule has 2 N–H and O–H groups in total. The maximum absolute atomic E-state index is 12.5. The lowest BCUT2D eigenvalue weighted by Gasteiger charge is -2.25. The first-order valence-corrected chi connectivity index (χ1v) is 7.87. The average molecular weight is 288 g/mol. The first-order valence-electron chi connectivity index (χ1n) is 6.55. The van der Waals surface area contributed by atoms with Crippen molar-refractivity contribution >= 4 is 16.5 Å². The lowest BCUT2D eigenvalue weighted by molar-refractivity contribution is 0.273. The van der Waals surface area contributed by atoms with Crippen molar-refractivity contribution in [3.8, 4) is 5.75 Å². The molecule has 4 nitrogen and oxygen atoms in total. The van der Waals surface area contributed by atoms with E-state index in [4.69, 9.17) is 10.5 Å². The minimum absolute atomic E-state index is 0.244. The molecule has 1 aliphatic rings. The van der Waals surface area contributed by atoms with Gasteiger partial charge in [0.05, 0.1) is 34.2 Å². The summed E-state index contributed by atoms with van der Waals surface area (Å²) in [5.74, 6) is 1.71. The lowest BCUT2D eigenvalue weighted by Crippen LogP contribution is -2.19. The number of fused-ring (bicyclic) bond motifs is 1. The zero-order chi connectivity index (χ0) is 13.9. The second-order valence-corrected chi connectivity index (χ2v) is 6.26. The van der Waals surface area contributed by atoms with Gasteiger partial charge in [0.1, 0.15) is 5.75 Å². The highest BCUT2D eigenvalue weighted by atomic mass is 32.2. The van der Waals surface area contributed by atoms with Gasteiger partial charge in [-0.2, -0.15) is 0 Å². The Hall–Kier alpha value is -1.88. The fraction of sp³-hybridized carbons (Fsp3) is 0.267. The van der Waals surface area contributed by atoms with Crippen LogP contribution in [0.4, 0.5) is 5.69 Å². The van der Waals surface area contributed by atoms with Crippen LogP contribution in [0.15, 0.2) is 47.6 Å². The number of aromatic nitrogens is 1. The molecule has 1 aromatic heterocycles. The number of rotatable bonds is 3. The molecule has 1 aromatic carbocycles. The number of para-hydroxylation sites is 1. The van der Waals surface area contributed by atoms with Crippen LogP contribution in [0, 0.1) is 0 Å². The average Bonchev–Trinajstić information content (AvgIpc) is 2.48. The van der Waals surface area contributed by atoms with Gasteiger partial charge in [-0.1, -0.05) is 18.2 Å². The number of nitrogens with zero attached hydrogens (tertiary/aromatic N) is 1. The summed E-state index contributed by atoms with van der Waals surface area (Å²) >= 11 is 0. The SMILES string of the molecule is Nc1cnccc1S(=O)CC1CCOc2ccccc21. The highest BCUT2D eigenvalue weighted by molar-refractivity contribution is 7.85. The van der Waals surface area contributed by atoms with Crippen LogP contribution in [-0.2, 0) is 10.8 Å². The Morgan fingerprint density at radius 1 is 1.35 bits per heavy atom. The van der Waals surface area contributed by atoms with Gasteiger partial charge in [0.25, 0.3) is 0 Å². The quantitative estimate of drug-likeness (QED) is 0.941. The first-order chi connectivity index (χ1) is 9.75. The molecular formula is C15H16N2O2S. The van der Waals surface area contributed by atoms with E-state index in [0.717, 1.165) is 17.7 Å². The molecule has 0 amide bonds. The second-order valence-electron chi connectivity index (χ2n) is 4.80. The maximum Gasteiger partial charge on any atom is 0.122 e. The molecule has 5 heteroatoms. The summed E-state index contributed by atoms with van der Waals surface area (Å²) in [6, 6.07) is 9.69. The van der Waals surface area contributed by atoms with Crippen LogP contribution >= 0.6 is 0 Å². The topological polar surface area (TPSA) is 65.2 Å². The predicted molar refractivity (Wildman–Crippen MR) is 79.2 cm³/mol. The Morgan fingerprint density at radius 2 is 2.20 bits per heavy atom. The third kappa shape index (κ3) is 2.54. The van der Waals surface area contributed by atoms with Crippen molar-refractivity contribution in [2.45, 2.75) is 17.2 Å². The summed E-state index contributed by atoms with van der Waals surface area (Å²) < 4.78 is 18.1. The minimum Gasteiger partial charge on any atom is -0.493 e. The zero-order valence-corrected chi connectivity index (χ0v) is 11.8. The Bertz CT molecular complexity index is 645. The number of nitrogen functional groups attached to an aromatic ring is 1. The van der Waals surface area contributed by atoms with E-state index in [9.17, 15) is 4.21 Å². The van der Waals surface area contributed by atoms with Crippen molar-refractivity contribution in [3.63, 3.8) is 0 Å². The van der Waals surface area contributed by atoms with E-state index < -0.39 is 10.8 Å². The minimum atomic E-state index is -1.12. The number of hydrogen-bond donors (Lipinski definition) is 1. The van der Waals surface area contributed by atoms with Crippen molar-refractivity contribution in [1.29, 1.82) is 0 Å². The molecule has 20 heavy (non-hydrogen) atoms. The number of nitrogens with two attached hydrogens (primary N) is 1. The Kier molecular flexibility index (Phi) is 3.69. The maximum atomic E-state index is 12.5. The van der Waals surface area contributed by atoms with E-state index in [-0.39, 0.29) is 5.92 Å². The number of pyridine rings is 1. The van der Waals surface area contributed by atoms with Gasteiger partial charge in [0, 0.05) is 17.9 Å². The van der Waals surface area contributed by atoms with Crippen LogP contribution in [0.25, 0.3) is 0 Å². The molecule has 3 rings (SSSR count). The molecule has 2 atom stereocenters. The Balaban J connectivity index is 1.83.